The van der Waals surface area contributed by atoms with Crippen molar-refractivity contribution in [2.75, 3.05) is 17.0 Å². The summed E-state index contributed by atoms with van der Waals surface area (Å²) in [5.74, 6) is 0. The lowest BCUT2D eigenvalue weighted by Gasteiger charge is -2.12. The van der Waals surface area contributed by atoms with Crippen LogP contribution in [0.5, 0.6) is 0 Å². The molecule has 0 spiro atoms. The molecule has 0 amide bonds. The van der Waals surface area contributed by atoms with Gasteiger partial charge in [-0.05, 0) is 34.5 Å². The van der Waals surface area contributed by atoms with E-state index >= 15 is 0 Å². The van der Waals surface area contributed by atoms with Crippen LogP contribution in [-0.4, -0.2) is 15.0 Å². The molecular weight excluding hydrogens is 374 g/mol. The van der Waals surface area contributed by atoms with Gasteiger partial charge in [0.25, 0.3) is 10.2 Å². The molecule has 1 aromatic rings. The summed E-state index contributed by atoms with van der Waals surface area (Å²) in [6.07, 6.45) is 0.720. The van der Waals surface area contributed by atoms with Crippen LogP contribution in [0.3, 0.4) is 0 Å². The molecule has 0 fully saturated rings. The third-order valence-electron chi connectivity index (χ3n) is 1.86. The van der Waals surface area contributed by atoms with E-state index in [-0.39, 0.29) is 0 Å². The van der Waals surface area contributed by atoms with Crippen molar-refractivity contribution in [3.8, 4) is 0 Å². The van der Waals surface area contributed by atoms with Crippen molar-refractivity contribution in [1.82, 2.24) is 4.72 Å². The van der Waals surface area contributed by atoms with Crippen LogP contribution >= 0.6 is 31.9 Å². The Balaban J connectivity index is 2.96. The van der Waals surface area contributed by atoms with Gasteiger partial charge in [-0.3, -0.25) is 4.72 Å². The average Bonchev–Trinajstić information content (AvgIpc) is 2.21. The number of halogens is 2. The second kappa shape index (κ2) is 6.03. The molecule has 4 N–H and O–H groups in total. The minimum atomic E-state index is -3.58. The zero-order chi connectivity index (χ0) is 13.1. The molecule has 0 atom stereocenters. The summed E-state index contributed by atoms with van der Waals surface area (Å²) in [4.78, 5) is 0. The van der Waals surface area contributed by atoms with Gasteiger partial charge in [-0.25, -0.2) is 0 Å². The van der Waals surface area contributed by atoms with Gasteiger partial charge in [0, 0.05) is 15.5 Å². The van der Waals surface area contributed by atoms with Crippen LogP contribution in [-0.2, 0) is 10.2 Å². The van der Waals surface area contributed by atoms with Crippen molar-refractivity contribution in [2.24, 2.45) is 0 Å². The first-order valence-corrected chi connectivity index (χ1v) is 7.94. The van der Waals surface area contributed by atoms with Crippen LogP contribution in [0.1, 0.15) is 13.3 Å². The Morgan fingerprint density at radius 1 is 1.35 bits per heavy atom. The van der Waals surface area contributed by atoms with Gasteiger partial charge in [-0.15, -0.1) is 0 Å². The number of hydrogen-bond donors (Lipinski definition) is 3. The zero-order valence-corrected chi connectivity index (χ0v) is 13.1. The number of rotatable bonds is 5. The lowest BCUT2D eigenvalue weighted by molar-refractivity contribution is 0.586. The first kappa shape index (κ1) is 14.7. The van der Waals surface area contributed by atoms with Gasteiger partial charge in [0.15, 0.2) is 0 Å². The van der Waals surface area contributed by atoms with Crippen molar-refractivity contribution < 1.29 is 8.42 Å². The fourth-order valence-electron chi connectivity index (χ4n) is 1.11. The Bertz CT molecular complexity index is 482. The lowest BCUT2D eigenvalue weighted by Crippen LogP contribution is -2.31. The largest absolute Gasteiger partial charge is 0.397 e. The molecule has 0 aromatic heterocycles. The van der Waals surface area contributed by atoms with Crippen LogP contribution in [0, 0.1) is 0 Å². The number of nitrogen functional groups attached to an aromatic ring is 1. The van der Waals surface area contributed by atoms with E-state index in [1.807, 2.05) is 6.92 Å². The van der Waals surface area contributed by atoms with E-state index in [4.69, 9.17) is 5.73 Å². The van der Waals surface area contributed by atoms with Crippen molar-refractivity contribution in [3.05, 3.63) is 21.1 Å². The molecule has 17 heavy (non-hydrogen) atoms. The molecule has 0 aliphatic heterocycles. The van der Waals surface area contributed by atoms with E-state index < -0.39 is 10.2 Å². The van der Waals surface area contributed by atoms with E-state index in [1.54, 1.807) is 12.1 Å². The minimum absolute atomic E-state index is 0.330. The van der Waals surface area contributed by atoms with E-state index in [0.29, 0.717) is 22.4 Å². The first-order valence-electron chi connectivity index (χ1n) is 4.87. The Hall–Kier alpha value is -0.310. The number of hydrogen-bond acceptors (Lipinski definition) is 3. The van der Waals surface area contributed by atoms with E-state index in [1.165, 1.54) is 0 Å². The molecule has 5 nitrogen and oxygen atoms in total. The SMILES string of the molecule is CCCNS(=O)(=O)Nc1c(N)cc(Br)cc1Br. The van der Waals surface area contributed by atoms with Gasteiger partial charge in [-0.1, -0.05) is 22.9 Å². The molecular formula is C9H13Br2N3O2S. The van der Waals surface area contributed by atoms with Gasteiger partial charge in [0.05, 0.1) is 11.4 Å². The smallest absolute Gasteiger partial charge is 0.299 e. The van der Waals surface area contributed by atoms with Crippen LogP contribution in [0.15, 0.2) is 21.1 Å². The third-order valence-corrected chi connectivity index (χ3v) is 4.00. The van der Waals surface area contributed by atoms with Crippen LogP contribution in [0.2, 0.25) is 0 Å². The van der Waals surface area contributed by atoms with Gasteiger partial charge in [0.2, 0.25) is 0 Å². The van der Waals surface area contributed by atoms with Gasteiger partial charge in [0.1, 0.15) is 0 Å². The topological polar surface area (TPSA) is 84.2 Å². The summed E-state index contributed by atoms with van der Waals surface area (Å²) in [5.41, 5.74) is 6.41. The summed E-state index contributed by atoms with van der Waals surface area (Å²) in [5, 5.41) is 0. The molecule has 0 unspecified atom stereocenters. The van der Waals surface area contributed by atoms with E-state index in [0.717, 1.165) is 10.9 Å². The second-order valence-electron chi connectivity index (χ2n) is 3.35. The number of nitrogens with two attached hydrogens (primary N) is 1. The van der Waals surface area contributed by atoms with Crippen molar-refractivity contribution in [2.45, 2.75) is 13.3 Å². The Morgan fingerprint density at radius 2 is 2.00 bits per heavy atom. The monoisotopic (exact) mass is 385 g/mol. The molecule has 0 saturated heterocycles. The predicted octanol–water partition coefficient (Wildman–Crippen LogP) is 2.45. The Morgan fingerprint density at radius 3 is 2.53 bits per heavy atom. The maximum absolute atomic E-state index is 11.6. The summed E-state index contributed by atoms with van der Waals surface area (Å²) in [7, 11) is -3.58. The van der Waals surface area contributed by atoms with Crippen LogP contribution in [0.4, 0.5) is 11.4 Å². The number of anilines is 2. The standard InChI is InChI=1S/C9H13Br2N3O2S/c1-2-3-13-17(15,16)14-9-7(11)4-6(10)5-8(9)12/h4-5,13-14H,2-3,12H2,1H3. The molecule has 1 rings (SSSR count). The molecule has 1 aromatic carbocycles. The maximum Gasteiger partial charge on any atom is 0.299 e. The van der Waals surface area contributed by atoms with Gasteiger partial charge in [-0.2, -0.15) is 13.1 Å². The van der Waals surface area contributed by atoms with Crippen molar-refractivity contribution in [1.29, 1.82) is 0 Å². The zero-order valence-electron chi connectivity index (χ0n) is 9.13. The molecule has 0 saturated carbocycles. The second-order valence-corrected chi connectivity index (χ2v) is 6.62. The average molecular weight is 387 g/mol. The molecule has 0 aliphatic carbocycles. The number of benzene rings is 1. The van der Waals surface area contributed by atoms with E-state index in [9.17, 15) is 8.42 Å². The Labute approximate surface area is 118 Å². The molecule has 0 radical (unpaired) electrons. The third kappa shape index (κ3) is 4.46. The minimum Gasteiger partial charge on any atom is -0.397 e. The summed E-state index contributed by atoms with van der Waals surface area (Å²) < 4.78 is 29.4. The summed E-state index contributed by atoms with van der Waals surface area (Å²) in [6.45, 7) is 2.26. The molecule has 96 valence electrons. The van der Waals surface area contributed by atoms with Gasteiger partial charge < -0.3 is 5.73 Å². The highest BCUT2D eigenvalue weighted by atomic mass is 79.9. The normalized spacial score (nSPS) is 11.5. The molecule has 0 bridgehead atoms. The van der Waals surface area contributed by atoms with Gasteiger partial charge >= 0.3 is 0 Å². The molecule has 0 aliphatic rings. The molecule has 8 heteroatoms. The summed E-state index contributed by atoms with van der Waals surface area (Å²) in [6, 6.07) is 3.34. The van der Waals surface area contributed by atoms with Crippen LogP contribution < -0.4 is 15.2 Å². The Kier molecular flexibility index (Phi) is 5.23. The highest BCUT2D eigenvalue weighted by Gasteiger charge is 2.14. The highest BCUT2D eigenvalue weighted by molar-refractivity contribution is 9.11. The van der Waals surface area contributed by atoms with Crippen molar-refractivity contribution in [3.63, 3.8) is 0 Å². The maximum atomic E-state index is 11.6. The van der Waals surface area contributed by atoms with Crippen molar-refractivity contribution >= 4 is 53.4 Å². The molecule has 0 heterocycles. The first-order chi connectivity index (χ1) is 7.85. The fourth-order valence-corrected chi connectivity index (χ4v) is 3.64. The van der Waals surface area contributed by atoms with E-state index in [2.05, 4.69) is 41.3 Å². The quantitative estimate of drug-likeness (QED) is 0.679. The highest BCUT2D eigenvalue weighted by Crippen LogP contribution is 2.32. The number of nitrogens with one attached hydrogen (secondary N) is 2. The summed E-state index contributed by atoms with van der Waals surface area (Å²) >= 11 is 6.52. The fraction of sp³-hybridized carbons (Fsp3) is 0.333. The lowest BCUT2D eigenvalue weighted by atomic mass is 10.3. The van der Waals surface area contributed by atoms with Crippen LogP contribution in [0.25, 0.3) is 0 Å². The predicted molar refractivity (Wildman–Crippen MR) is 77.1 cm³/mol.